The molecule has 0 saturated carbocycles. The second-order valence-electron chi connectivity index (χ2n) is 26.8. The van der Waals surface area contributed by atoms with E-state index < -0.39 is 129 Å². The molecule has 4 atom stereocenters. The molecule has 7 heterocycles. The van der Waals surface area contributed by atoms with Crippen molar-refractivity contribution in [2.75, 3.05) is 76.8 Å². The molecule has 32 heteroatoms. The van der Waals surface area contributed by atoms with Gasteiger partial charge in [-0.05, 0) is 162 Å². The van der Waals surface area contributed by atoms with Crippen molar-refractivity contribution in [1.82, 2.24) is 19.8 Å². The van der Waals surface area contributed by atoms with Gasteiger partial charge in [0.15, 0.2) is 0 Å². The molecule has 4 aromatic carbocycles. The van der Waals surface area contributed by atoms with E-state index in [1.807, 2.05) is 58.6 Å². The Bertz CT molecular complexity index is 4340. The Morgan fingerprint density at radius 2 is 1.01 bits per heavy atom. The van der Waals surface area contributed by atoms with E-state index in [0.29, 0.717) is 93.6 Å². The number of aromatic nitrogens is 2. The number of aryl methyl sites for hydroxylation is 2. The van der Waals surface area contributed by atoms with E-state index in [2.05, 4.69) is 10.6 Å². The van der Waals surface area contributed by atoms with Crippen LogP contribution in [0.1, 0.15) is 120 Å². The zero-order valence-electron chi connectivity index (χ0n) is 59.2. The second kappa shape index (κ2) is 32.3. The number of pyridine rings is 2. The van der Waals surface area contributed by atoms with Crippen molar-refractivity contribution in [3.8, 4) is 22.6 Å². The van der Waals surface area contributed by atoms with Gasteiger partial charge in [0.25, 0.3) is 22.9 Å². The number of ether oxygens (including phenoxy) is 6. The SMILES string of the molecule is COC(=O)[C@H](Cc1ccc(-c2c(C(F)(F)F)cc(C)n(C)c2=O)c2c1CCCO2)NC(=O)c1c(F)cc(N2CCOC[C@@H]2C)cc1F.COC(=O)[C@H](Cc1ccc(B2OC(C)(C)C(C)(C)O2)c2c1CCCO2)NC(=O)c1c(F)cc(N2CCOC[C@@H]2C)cc1F.Cc1cc(C(F)(F)F)c(I)c(=O)n1C. The van der Waals surface area contributed by atoms with Gasteiger partial charge in [-0.3, -0.25) is 19.2 Å². The van der Waals surface area contributed by atoms with Gasteiger partial charge in [0.05, 0.1) is 85.3 Å². The fourth-order valence-electron chi connectivity index (χ4n) is 12.8. The van der Waals surface area contributed by atoms with Gasteiger partial charge in [0.2, 0.25) is 0 Å². The zero-order chi connectivity index (χ0) is 76.4. The van der Waals surface area contributed by atoms with Crippen molar-refractivity contribution in [3.63, 3.8) is 0 Å². The summed E-state index contributed by atoms with van der Waals surface area (Å²) in [7, 11) is 4.45. The van der Waals surface area contributed by atoms with Gasteiger partial charge in [0, 0.05) is 85.9 Å². The van der Waals surface area contributed by atoms with E-state index in [-0.39, 0.29) is 57.8 Å². The third-order valence-corrected chi connectivity index (χ3v) is 20.4. The molecule has 3 saturated heterocycles. The van der Waals surface area contributed by atoms with Crippen LogP contribution in [0, 0.1) is 40.7 Å². The van der Waals surface area contributed by atoms with Crippen LogP contribution in [-0.2, 0) is 90.0 Å². The molecule has 3 fully saturated rings. The van der Waals surface area contributed by atoms with E-state index in [0.717, 1.165) is 71.1 Å². The molecule has 5 aliphatic rings. The Labute approximate surface area is 607 Å². The maximum absolute atomic E-state index is 15.2. The summed E-state index contributed by atoms with van der Waals surface area (Å²) in [4.78, 5) is 80.2. The number of esters is 2. The normalized spacial score (nSPS) is 18.2. The van der Waals surface area contributed by atoms with E-state index in [1.165, 1.54) is 74.3 Å². The highest BCUT2D eigenvalue weighted by molar-refractivity contribution is 14.1. The number of hydrogen-bond donors (Lipinski definition) is 2. The number of nitrogens with zero attached hydrogens (tertiary/aromatic N) is 4. The number of fused-ring (bicyclic) bond motifs is 2. The molecule has 562 valence electrons. The number of methoxy groups -OCH3 is 2. The quantitative estimate of drug-likeness (QED) is 0.0449. The summed E-state index contributed by atoms with van der Waals surface area (Å²) in [6, 6.07) is 9.80. The number of carbonyl (C=O) groups is 4. The highest BCUT2D eigenvalue weighted by atomic mass is 127. The standard InChI is InChI=1S/C33H34F5N3O6.C31H39BF2N2O7.C8H7F3INO/c1-17-12-23(33(36,37)38)27(31(43)40(17)3)22-8-7-19(21-6-5-10-47-29(21)22)13-26(32(44)45-4)39-30(42)28-24(34)14-20(15-25(28)35)41-9-11-46-16-18(41)2;1-18-17-40-13-11-36(18)20-15-23(33)26(24(34)16-20)28(37)35-25(29(38)39-6)14-19-9-10-22(27-21(19)8-7-12-41-27)32-42-30(2,3)31(4,5)43-32;1-4-3-5(8(9,10)11)6(12)7(14)13(4)2/h7-8,12,14-15,18,26H,5-6,9-11,13,16H2,1-4H3,(H,39,42);9-10,15-16,18,25H,7-8,11-14,17H2,1-6H3,(H,35,37);3H,1-2H3/t18-,26-;18-,25-;/m00./s1. The van der Waals surface area contributed by atoms with Gasteiger partial charge in [-0.2, -0.15) is 26.3 Å². The minimum Gasteiger partial charge on any atom is -0.494 e. The van der Waals surface area contributed by atoms with E-state index >= 15 is 17.6 Å². The Morgan fingerprint density at radius 3 is 1.43 bits per heavy atom. The molecule has 20 nitrogen and oxygen atoms in total. The number of amides is 2. The van der Waals surface area contributed by atoms with Crippen LogP contribution in [0.15, 0.2) is 70.3 Å². The van der Waals surface area contributed by atoms with Crippen LogP contribution in [0.2, 0.25) is 0 Å². The van der Waals surface area contributed by atoms with Gasteiger partial charge in [-0.15, -0.1) is 0 Å². The Morgan fingerprint density at radius 1 is 0.606 bits per heavy atom. The summed E-state index contributed by atoms with van der Waals surface area (Å²) in [6.07, 6.45) is -7.27. The third-order valence-electron chi connectivity index (χ3n) is 19.4. The van der Waals surface area contributed by atoms with Crippen LogP contribution >= 0.6 is 22.6 Å². The van der Waals surface area contributed by atoms with Crippen LogP contribution in [0.4, 0.5) is 55.3 Å². The largest absolute Gasteiger partial charge is 0.498 e. The molecule has 2 amide bonds. The number of anilines is 2. The van der Waals surface area contributed by atoms with Crippen molar-refractivity contribution >= 4 is 70.3 Å². The Kier molecular flexibility index (Phi) is 24.8. The van der Waals surface area contributed by atoms with Crippen molar-refractivity contribution in [3.05, 3.63) is 164 Å². The lowest BCUT2D eigenvalue weighted by molar-refractivity contribution is -0.143. The van der Waals surface area contributed by atoms with Gasteiger partial charge in [-0.1, -0.05) is 24.3 Å². The molecule has 0 spiro atoms. The first-order chi connectivity index (χ1) is 48.8. The van der Waals surface area contributed by atoms with Gasteiger partial charge < -0.3 is 67.3 Å². The average Bonchev–Trinajstić information content (AvgIpc) is 1.59. The highest BCUT2D eigenvalue weighted by Gasteiger charge is 2.53. The molecular weight excluding hydrogens is 1500 g/mol. The predicted molar refractivity (Wildman–Crippen MR) is 373 cm³/mol. The molecule has 2 aromatic heterocycles. The first-order valence-corrected chi connectivity index (χ1v) is 34.4. The van der Waals surface area contributed by atoms with Crippen LogP contribution in [0.25, 0.3) is 11.1 Å². The monoisotopic (exact) mass is 1580 g/mol. The number of benzene rings is 4. The first-order valence-electron chi connectivity index (χ1n) is 33.4. The minimum absolute atomic E-state index is 0.0281. The topological polar surface area (TPSA) is 217 Å². The molecule has 0 bridgehead atoms. The van der Waals surface area contributed by atoms with E-state index in [1.54, 1.807) is 4.90 Å². The average molecular weight is 1580 g/mol. The summed E-state index contributed by atoms with van der Waals surface area (Å²) in [5.74, 6) is -7.53. The number of rotatable bonds is 14. The molecule has 0 aliphatic carbocycles. The highest BCUT2D eigenvalue weighted by Crippen LogP contribution is 2.44. The fraction of sp³-hybridized carbons (Fsp3) is 0.472. The lowest BCUT2D eigenvalue weighted by atomic mass is 9.75. The second-order valence-corrected chi connectivity index (χ2v) is 27.9. The molecule has 11 rings (SSSR count). The van der Waals surface area contributed by atoms with Gasteiger partial charge in [-0.25, -0.2) is 27.2 Å². The first kappa shape index (κ1) is 79.9. The number of nitrogens with one attached hydrogen (secondary N) is 2. The summed E-state index contributed by atoms with van der Waals surface area (Å²) in [5, 5.41) is 4.86. The Balaban J connectivity index is 0.000000204. The lowest BCUT2D eigenvalue weighted by Crippen LogP contribution is -2.45. The number of alkyl halides is 6. The Hall–Kier alpha value is -8.21. The zero-order valence-corrected chi connectivity index (χ0v) is 61.4. The van der Waals surface area contributed by atoms with Crippen LogP contribution in [-0.4, -0.2) is 142 Å². The number of carbonyl (C=O) groups excluding carboxylic acids is 4. The van der Waals surface area contributed by atoms with E-state index in [4.69, 9.17) is 37.7 Å². The van der Waals surface area contributed by atoms with Crippen LogP contribution < -0.4 is 46.5 Å². The minimum atomic E-state index is -4.84. The fourth-order valence-corrected chi connectivity index (χ4v) is 13.6. The molecule has 0 radical (unpaired) electrons. The summed E-state index contributed by atoms with van der Waals surface area (Å²) < 4.78 is 188. The number of morpholine rings is 2. The molecular formula is C72H80BF10IN6O14. The molecule has 6 aromatic rings. The molecule has 2 N–H and O–H groups in total. The van der Waals surface area contributed by atoms with Crippen molar-refractivity contribution < 1.29 is 101 Å². The molecule has 5 aliphatic heterocycles. The van der Waals surface area contributed by atoms with E-state index in [9.17, 15) is 55.1 Å². The summed E-state index contributed by atoms with van der Waals surface area (Å²) >= 11 is 1.42. The number of hydrogen-bond acceptors (Lipinski definition) is 16. The summed E-state index contributed by atoms with van der Waals surface area (Å²) in [6.45, 7) is 17.6. The van der Waals surface area contributed by atoms with Crippen LogP contribution in [0.5, 0.6) is 11.5 Å². The maximum atomic E-state index is 15.2. The third kappa shape index (κ3) is 17.2. The number of halogens is 11. The molecule has 104 heavy (non-hydrogen) atoms. The lowest BCUT2D eigenvalue weighted by Gasteiger charge is -2.35. The van der Waals surface area contributed by atoms with Crippen molar-refractivity contribution in [2.45, 2.75) is 142 Å². The van der Waals surface area contributed by atoms with Crippen molar-refractivity contribution in [2.24, 2.45) is 14.1 Å². The smallest absolute Gasteiger partial charge is 0.494 e. The van der Waals surface area contributed by atoms with Gasteiger partial charge >= 0.3 is 31.4 Å². The summed E-state index contributed by atoms with van der Waals surface area (Å²) in [5.41, 5.74) is -2.65. The van der Waals surface area contributed by atoms with Gasteiger partial charge in [0.1, 0.15) is 58.0 Å². The van der Waals surface area contributed by atoms with Crippen molar-refractivity contribution in [1.29, 1.82) is 0 Å². The molecule has 0 unspecified atom stereocenters. The van der Waals surface area contributed by atoms with Crippen LogP contribution in [0.3, 0.4) is 0 Å². The maximum Gasteiger partial charge on any atom is 0.498 e. The predicted octanol–water partition coefficient (Wildman–Crippen LogP) is 10.4.